The number of nitrogens with zero attached hydrogens (tertiary/aromatic N) is 1. The Labute approximate surface area is 187 Å². The van der Waals surface area contributed by atoms with E-state index >= 15 is 0 Å². The van der Waals surface area contributed by atoms with Crippen molar-refractivity contribution in [2.24, 2.45) is 0 Å². The molecule has 2 N–H and O–H groups in total. The summed E-state index contributed by atoms with van der Waals surface area (Å²) in [4.78, 5) is 38.5. The number of fused-ring (bicyclic) bond motifs is 3. The molecule has 1 unspecified atom stereocenters. The first kappa shape index (κ1) is 21.9. The van der Waals surface area contributed by atoms with Crippen molar-refractivity contribution < 1.29 is 24.2 Å². The Morgan fingerprint density at radius 3 is 2.12 bits per heavy atom. The largest absolute Gasteiger partial charge is 0.480 e. The second kappa shape index (κ2) is 8.65. The lowest BCUT2D eigenvalue weighted by Gasteiger charge is -2.43. The van der Waals surface area contributed by atoms with E-state index < -0.39 is 23.6 Å². The summed E-state index contributed by atoms with van der Waals surface area (Å²) in [5.74, 6) is -1.51. The van der Waals surface area contributed by atoms with Gasteiger partial charge in [-0.15, -0.1) is 0 Å². The molecule has 0 radical (unpaired) electrons. The van der Waals surface area contributed by atoms with Crippen molar-refractivity contribution in [1.82, 2.24) is 10.2 Å². The van der Waals surface area contributed by atoms with Crippen LogP contribution in [0.25, 0.3) is 11.1 Å². The second-order valence-electron chi connectivity index (χ2n) is 8.56. The third-order valence-corrected chi connectivity index (χ3v) is 6.76. The zero-order chi connectivity index (χ0) is 22.9. The molecule has 0 heterocycles. The van der Waals surface area contributed by atoms with Gasteiger partial charge in [0, 0.05) is 13.0 Å². The number of carbonyl (C=O) groups is 3. The molecule has 1 atom stereocenters. The minimum absolute atomic E-state index is 0.0691. The van der Waals surface area contributed by atoms with Gasteiger partial charge < -0.3 is 20.1 Å². The number of amides is 2. The standard InChI is InChI=1S/C25H28N2O5/c1-3-21(22(28)29)27(2)23(30)25(13-8-14-25)26-24(31)32-15-20-18-11-6-4-9-16(18)17-10-5-7-12-19(17)20/h4-7,9-12,20-21H,3,8,13-15H2,1-2H3,(H,26,31)(H,28,29). The molecule has 0 saturated heterocycles. The molecule has 7 nitrogen and oxygen atoms in total. The first-order valence-electron chi connectivity index (χ1n) is 11.0. The van der Waals surface area contributed by atoms with Gasteiger partial charge >= 0.3 is 12.1 Å². The van der Waals surface area contributed by atoms with E-state index in [4.69, 9.17) is 4.74 Å². The van der Waals surface area contributed by atoms with Crippen molar-refractivity contribution in [1.29, 1.82) is 0 Å². The third-order valence-electron chi connectivity index (χ3n) is 6.76. The predicted octanol–water partition coefficient (Wildman–Crippen LogP) is 3.77. The summed E-state index contributed by atoms with van der Waals surface area (Å²) in [5.41, 5.74) is 3.42. The van der Waals surface area contributed by atoms with Crippen LogP contribution in [0.2, 0.25) is 0 Å². The van der Waals surface area contributed by atoms with E-state index in [1.54, 1.807) is 6.92 Å². The number of nitrogens with one attached hydrogen (secondary N) is 1. The lowest BCUT2D eigenvalue weighted by Crippen LogP contribution is -2.64. The Kier molecular flexibility index (Phi) is 5.91. The Bertz CT molecular complexity index is 1000. The van der Waals surface area contributed by atoms with Crippen molar-refractivity contribution in [2.45, 2.75) is 50.1 Å². The molecule has 4 rings (SSSR count). The minimum Gasteiger partial charge on any atom is -0.480 e. The number of ether oxygens (including phenoxy) is 1. The molecule has 2 aliphatic rings. The highest BCUT2D eigenvalue weighted by atomic mass is 16.5. The number of hydrogen-bond donors (Lipinski definition) is 2. The van der Waals surface area contributed by atoms with Crippen molar-refractivity contribution >= 4 is 18.0 Å². The maximum absolute atomic E-state index is 13.1. The average Bonchev–Trinajstić information content (AvgIpc) is 3.08. The molecule has 168 valence electrons. The van der Waals surface area contributed by atoms with Crippen molar-refractivity contribution in [3.05, 3.63) is 59.7 Å². The quantitative estimate of drug-likeness (QED) is 0.689. The SMILES string of the molecule is CCC(C(=O)O)N(C)C(=O)C1(NC(=O)OCC2c3ccccc3-c3ccccc32)CCC1. The maximum atomic E-state index is 13.1. The molecular weight excluding hydrogens is 408 g/mol. The molecule has 2 aromatic rings. The van der Waals surface area contributed by atoms with Crippen molar-refractivity contribution in [3.8, 4) is 11.1 Å². The molecular formula is C25H28N2O5. The third kappa shape index (κ3) is 3.72. The van der Waals surface area contributed by atoms with Crippen LogP contribution < -0.4 is 5.32 Å². The van der Waals surface area contributed by atoms with E-state index in [1.165, 1.54) is 11.9 Å². The van der Waals surface area contributed by atoms with Crippen LogP contribution in [-0.4, -0.2) is 53.2 Å². The van der Waals surface area contributed by atoms with Gasteiger partial charge in [-0.05, 0) is 47.9 Å². The zero-order valence-corrected chi connectivity index (χ0v) is 18.3. The first-order valence-corrected chi connectivity index (χ1v) is 11.0. The maximum Gasteiger partial charge on any atom is 0.408 e. The molecule has 0 aromatic heterocycles. The molecule has 2 aromatic carbocycles. The van der Waals surface area contributed by atoms with Gasteiger partial charge in [-0.1, -0.05) is 55.5 Å². The summed E-state index contributed by atoms with van der Waals surface area (Å²) < 4.78 is 5.60. The molecule has 7 heteroatoms. The fraction of sp³-hybridized carbons (Fsp3) is 0.400. The topological polar surface area (TPSA) is 95.9 Å². The van der Waals surface area contributed by atoms with Crippen LogP contribution in [0.1, 0.15) is 49.7 Å². The summed E-state index contributed by atoms with van der Waals surface area (Å²) in [6.07, 6.45) is 1.36. The van der Waals surface area contributed by atoms with Gasteiger partial charge in [-0.2, -0.15) is 0 Å². The Balaban J connectivity index is 1.45. The molecule has 2 aliphatic carbocycles. The number of alkyl carbamates (subject to hydrolysis) is 1. The summed E-state index contributed by atoms with van der Waals surface area (Å²) in [5, 5.41) is 12.1. The second-order valence-corrected chi connectivity index (χ2v) is 8.56. The lowest BCUT2D eigenvalue weighted by atomic mass is 9.75. The van der Waals surface area contributed by atoms with Gasteiger partial charge in [0.15, 0.2) is 0 Å². The van der Waals surface area contributed by atoms with Crippen molar-refractivity contribution in [3.63, 3.8) is 0 Å². The Morgan fingerprint density at radius 1 is 1.09 bits per heavy atom. The van der Waals surface area contributed by atoms with Crippen LogP contribution in [0.5, 0.6) is 0 Å². The van der Waals surface area contributed by atoms with Gasteiger partial charge in [-0.25, -0.2) is 9.59 Å². The van der Waals surface area contributed by atoms with Crippen LogP contribution in [0.15, 0.2) is 48.5 Å². The number of carboxylic acids is 1. The van der Waals surface area contributed by atoms with E-state index in [0.717, 1.165) is 28.7 Å². The van der Waals surface area contributed by atoms with Gasteiger partial charge in [0.2, 0.25) is 5.91 Å². The number of aliphatic carboxylic acids is 1. The molecule has 1 saturated carbocycles. The highest BCUT2D eigenvalue weighted by Gasteiger charge is 2.49. The fourth-order valence-corrected chi connectivity index (χ4v) is 4.85. The van der Waals surface area contributed by atoms with Crippen LogP contribution in [0.4, 0.5) is 4.79 Å². The lowest BCUT2D eigenvalue weighted by molar-refractivity contribution is -0.153. The predicted molar refractivity (Wildman–Crippen MR) is 119 cm³/mol. The highest BCUT2D eigenvalue weighted by molar-refractivity contribution is 5.93. The molecule has 32 heavy (non-hydrogen) atoms. The van der Waals surface area contributed by atoms with Gasteiger partial charge in [0.25, 0.3) is 0 Å². The van der Waals surface area contributed by atoms with Gasteiger partial charge in [-0.3, -0.25) is 4.79 Å². The van der Waals surface area contributed by atoms with Crippen LogP contribution in [-0.2, 0) is 14.3 Å². The molecule has 2 amide bonds. The van der Waals surface area contributed by atoms with E-state index in [9.17, 15) is 19.5 Å². The molecule has 1 fully saturated rings. The number of benzene rings is 2. The average molecular weight is 437 g/mol. The number of carbonyl (C=O) groups excluding carboxylic acids is 2. The number of carboxylic acid groups (broad SMARTS) is 1. The normalized spacial score (nSPS) is 16.8. The molecule has 0 aliphatic heterocycles. The van der Waals surface area contributed by atoms with Gasteiger partial charge in [0.1, 0.15) is 18.2 Å². The van der Waals surface area contributed by atoms with Gasteiger partial charge in [0.05, 0.1) is 0 Å². The smallest absolute Gasteiger partial charge is 0.408 e. The Hall–Kier alpha value is -3.35. The number of hydrogen-bond acceptors (Lipinski definition) is 4. The summed E-state index contributed by atoms with van der Waals surface area (Å²) >= 11 is 0. The monoisotopic (exact) mass is 436 g/mol. The van der Waals surface area contributed by atoms with Crippen LogP contribution in [0.3, 0.4) is 0 Å². The van der Waals surface area contributed by atoms with Crippen LogP contribution >= 0.6 is 0 Å². The fourth-order valence-electron chi connectivity index (χ4n) is 4.85. The summed E-state index contributed by atoms with van der Waals surface area (Å²) in [7, 11) is 1.48. The zero-order valence-electron chi connectivity index (χ0n) is 18.3. The van der Waals surface area contributed by atoms with E-state index in [2.05, 4.69) is 17.4 Å². The van der Waals surface area contributed by atoms with E-state index in [-0.39, 0.29) is 18.4 Å². The van der Waals surface area contributed by atoms with E-state index in [0.29, 0.717) is 19.3 Å². The highest BCUT2D eigenvalue weighted by Crippen LogP contribution is 2.44. The Morgan fingerprint density at radius 2 is 1.66 bits per heavy atom. The van der Waals surface area contributed by atoms with Crippen LogP contribution in [0, 0.1) is 0 Å². The van der Waals surface area contributed by atoms with Crippen molar-refractivity contribution in [2.75, 3.05) is 13.7 Å². The minimum atomic E-state index is -1.10. The number of rotatable bonds is 7. The summed E-state index contributed by atoms with van der Waals surface area (Å²) in [6, 6.07) is 15.2. The van der Waals surface area contributed by atoms with E-state index in [1.807, 2.05) is 36.4 Å². The summed E-state index contributed by atoms with van der Waals surface area (Å²) in [6.45, 7) is 1.88. The molecule has 0 spiro atoms. The number of likely N-dealkylation sites (N-methyl/N-ethyl adjacent to an activating group) is 1. The first-order chi connectivity index (χ1) is 15.4. The molecule has 0 bridgehead atoms.